The van der Waals surface area contributed by atoms with Gasteiger partial charge in [0.2, 0.25) is 0 Å². The maximum Gasteiger partial charge on any atom is 0.125 e. The Kier molecular flexibility index (Phi) is 7.94. The van der Waals surface area contributed by atoms with Gasteiger partial charge in [0.1, 0.15) is 11.5 Å². The lowest BCUT2D eigenvalue weighted by molar-refractivity contribution is 0.289. The third-order valence-corrected chi connectivity index (χ3v) is 5.19. The van der Waals surface area contributed by atoms with Gasteiger partial charge in [-0.25, -0.2) is 0 Å². The molecule has 0 spiro atoms. The number of benzene rings is 3. The second-order valence-electron chi connectivity index (χ2n) is 7.25. The van der Waals surface area contributed by atoms with E-state index in [1.165, 1.54) is 11.1 Å². The average Bonchev–Trinajstić information content (AvgIpc) is 2.81. The maximum atomic E-state index is 5.56. The minimum absolute atomic E-state index is 0.122. The lowest BCUT2D eigenvalue weighted by atomic mass is 10.0. The molecule has 3 rings (SSSR count). The van der Waals surface area contributed by atoms with E-state index in [-0.39, 0.29) is 6.04 Å². The Morgan fingerprint density at radius 2 is 1.57 bits per heavy atom. The van der Waals surface area contributed by atoms with Crippen molar-refractivity contribution in [3.63, 3.8) is 0 Å². The van der Waals surface area contributed by atoms with Gasteiger partial charge in [-0.1, -0.05) is 66.4 Å². The van der Waals surface area contributed by atoms with E-state index in [1.807, 2.05) is 36.4 Å². The first-order valence-electron chi connectivity index (χ1n) is 10.2. The highest BCUT2D eigenvalue weighted by Gasteiger charge is 2.14. The predicted molar refractivity (Wildman–Crippen MR) is 123 cm³/mol. The molecule has 3 heteroatoms. The molecule has 1 atom stereocenters. The monoisotopic (exact) mass is 399 g/mol. The van der Waals surface area contributed by atoms with Crippen LogP contribution < -0.4 is 9.47 Å². The van der Waals surface area contributed by atoms with Crippen LogP contribution in [0.4, 0.5) is 0 Å². The summed E-state index contributed by atoms with van der Waals surface area (Å²) in [5, 5.41) is 0. The van der Waals surface area contributed by atoms with Crippen molar-refractivity contribution >= 4 is 0 Å². The Hall–Kier alpha value is -3.22. The lowest BCUT2D eigenvalue weighted by Gasteiger charge is -2.24. The minimum atomic E-state index is 0.122. The third-order valence-electron chi connectivity index (χ3n) is 5.19. The Labute approximate surface area is 180 Å². The summed E-state index contributed by atoms with van der Waals surface area (Å²) in [6.07, 6.45) is 1.76. The fraction of sp³-hybridized carbons (Fsp3) is 0.259. The predicted octanol–water partition coefficient (Wildman–Crippen LogP) is 4.84. The van der Waals surface area contributed by atoms with Crippen molar-refractivity contribution in [3.05, 3.63) is 95.6 Å². The van der Waals surface area contributed by atoms with Crippen LogP contribution in [0.3, 0.4) is 0 Å². The molecule has 154 valence electrons. The van der Waals surface area contributed by atoms with Gasteiger partial charge in [0.05, 0.1) is 20.3 Å². The molecule has 0 aliphatic carbocycles. The molecule has 3 aromatic carbocycles. The molecule has 1 unspecified atom stereocenters. The highest BCUT2D eigenvalue weighted by molar-refractivity contribution is 5.41. The summed E-state index contributed by atoms with van der Waals surface area (Å²) in [5.41, 5.74) is 3.50. The molecule has 3 nitrogen and oxygen atoms in total. The zero-order valence-corrected chi connectivity index (χ0v) is 18.0. The molecule has 0 amide bonds. The van der Waals surface area contributed by atoms with Crippen LogP contribution in [0.5, 0.6) is 11.5 Å². The van der Waals surface area contributed by atoms with Gasteiger partial charge in [-0.05, 0) is 49.2 Å². The summed E-state index contributed by atoms with van der Waals surface area (Å²) in [6, 6.07) is 26.8. The second kappa shape index (κ2) is 11.1. The van der Waals surface area contributed by atoms with Gasteiger partial charge in [-0.2, -0.15) is 0 Å². The number of methoxy groups -OCH3 is 2. The van der Waals surface area contributed by atoms with Crippen LogP contribution >= 0.6 is 0 Å². The number of ether oxygens (including phenoxy) is 2. The first-order chi connectivity index (χ1) is 14.7. The van der Waals surface area contributed by atoms with Crippen molar-refractivity contribution in [2.45, 2.75) is 18.9 Å². The molecule has 0 fully saturated rings. The maximum absolute atomic E-state index is 5.56. The zero-order chi connectivity index (χ0) is 21.2. The number of likely N-dealkylation sites (N-methyl/N-ethyl adjacent to an activating group) is 1. The van der Waals surface area contributed by atoms with E-state index < -0.39 is 0 Å². The van der Waals surface area contributed by atoms with Crippen molar-refractivity contribution in [1.82, 2.24) is 4.90 Å². The fourth-order valence-corrected chi connectivity index (χ4v) is 3.35. The molecule has 0 radical (unpaired) electrons. The molecular weight excluding hydrogens is 370 g/mol. The normalized spacial score (nSPS) is 11.5. The van der Waals surface area contributed by atoms with E-state index in [2.05, 4.69) is 66.3 Å². The lowest BCUT2D eigenvalue weighted by Crippen LogP contribution is -2.34. The van der Waals surface area contributed by atoms with E-state index in [0.29, 0.717) is 0 Å². The molecule has 3 aromatic rings. The fourth-order valence-electron chi connectivity index (χ4n) is 3.35. The first kappa shape index (κ1) is 21.5. The summed E-state index contributed by atoms with van der Waals surface area (Å²) in [5.74, 6) is 8.51. The summed E-state index contributed by atoms with van der Waals surface area (Å²) in [6.45, 7) is 0.879. The van der Waals surface area contributed by atoms with Crippen LogP contribution in [0.15, 0.2) is 78.9 Å². The van der Waals surface area contributed by atoms with Gasteiger partial charge < -0.3 is 9.47 Å². The molecule has 0 aliphatic rings. The highest BCUT2D eigenvalue weighted by Crippen LogP contribution is 2.25. The Bertz CT molecular complexity index is 974. The number of hydrogen-bond donors (Lipinski definition) is 0. The number of rotatable bonds is 8. The van der Waals surface area contributed by atoms with Crippen LogP contribution in [-0.4, -0.2) is 38.8 Å². The standard InChI is InChI=1S/C27H29NO2/c1-28(19-18-24-15-17-26(29-2)21-27(24)30-3)25(20-23-12-8-5-9-13-23)16-14-22-10-6-4-7-11-22/h4-13,15,17,21,25H,18-20H2,1-3H3. The molecule has 0 saturated heterocycles. The van der Waals surface area contributed by atoms with Crippen LogP contribution in [0, 0.1) is 11.8 Å². The molecule has 0 aromatic heterocycles. The van der Waals surface area contributed by atoms with Crippen LogP contribution in [-0.2, 0) is 12.8 Å². The van der Waals surface area contributed by atoms with Crippen molar-refractivity contribution in [2.24, 2.45) is 0 Å². The Balaban J connectivity index is 1.74. The Morgan fingerprint density at radius 1 is 0.867 bits per heavy atom. The molecule has 0 saturated carbocycles. The van der Waals surface area contributed by atoms with Crippen LogP contribution in [0.1, 0.15) is 16.7 Å². The third kappa shape index (κ3) is 6.14. The summed E-state index contributed by atoms with van der Waals surface area (Å²) >= 11 is 0. The molecule has 0 N–H and O–H groups in total. The zero-order valence-electron chi connectivity index (χ0n) is 18.0. The highest BCUT2D eigenvalue weighted by atomic mass is 16.5. The molecule has 0 bridgehead atoms. The average molecular weight is 400 g/mol. The van der Waals surface area contributed by atoms with E-state index in [1.54, 1.807) is 14.2 Å². The van der Waals surface area contributed by atoms with Crippen LogP contribution in [0.2, 0.25) is 0 Å². The number of hydrogen-bond acceptors (Lipinski definition) is 3. The van der Waals surface area contributed by atoms with Gasteiger partial charge in [-0.15, -0.1) is 0 Å². The number of nitrogens with zero attached hydrogens (tertiary/aromatic N) is 1. The van der Waals surface area contributed by atoms with Crippen molar-refractivity contribution < 1.29 is 9.47 Å². The summed E-state index contributed by atoms with van der Waals surface area (Å²) < 4.78 is 10.9. The first-order valence-corrected chi connectivity index (χ1v) is 10.2. The quantitative estimate of drug-likeness (QED) is 0.506. The van der Waals surface area contributed by atoms with E-state index in [0.717, 1.165) is 36.4 Å². The molecule has 0 heterocycles. The minimum Gasteiger partial charge on any atom is -0.497 e. The summed E-state index contributed by atoms with van der Waals surface area (Å²) in [4.78, 5) is 2.33. The van der Waals surface area contributed by atoms with Crippen LogP contribution in [0.25, 0.3) is 0 Å². The SMILES string of the molecule is COc1ccc(CCN(C)C(C#Cc2ccccc2)Cc2ccccc2)c(OC)c1. The van der Waals surface area contributed by atoms with Crippen molar-refractivity contribution in [1.29, 1.82) is 0 Å². The van der Waals surface area contributed by atoms with Gasteiger partial charge in [-0.3, -0.25) is 4.90 Å². The van der Waals surface area contributed by atoms with Gasteiger partial charge in [0, 0.05) is 18.2 Å². The molecule has 0 aliphatic heterocycles. The van der Waals surface area contributed by atoms with E-state index in [4.69, 9.17) is 9.47 Å². The van der Waals surface area contributed by atoms with E-state index in [9.17, 15) is 0 Å². The Morgan fingerprint density at radius 3 is 2.23 bits per heavy atom. The molecule has 30 heavy (non-hydrogen) atoms. The van der Waals surface area contributed by atoms with Crippen molar-refractivity contribution in [2.75, 3.05) is 27.8 Å². The topological polar surface area (TPSA) is 21.7 Å². The second-order valence-corrected chi connectivity index (χ2v) is 7.25. The van der Waals surface area contributed by atoms with Gasteiger partial charge in [0.15, 0.2) is 0 Å². The van der Waals surface area contributed by atoms with Crippen molar-refractivity contribution in [3.8, 4) is 23.3 Å². The summed E-state index contributed by atoms with van der Waals surface area (Å²) in [7, 11) is 5.51. The molecular formula is C27H29NO2. The van der Waals surface area contributed by atoms with Gasteiger partial charge >= 0.3 is 0 Å². The van der Waals surface area contributed by atoms with E-state index >= 15 is 0 Å². The van der Waals surface area contributed by atoms with Gasteiger partial charge in [0.25, 0.3) is 0 Å². The largest absolute Gasteiger partial charge is 0.497 e. The smallest absolute Gasteiger partial charge is 0.125 e.